The van der Waals surface area contributed by atoms with Gasteiger partial charge in [0.1, 0.15) is 11.4 Å². The van der Waals surface area contributed by atoms with E-state index < -0.39 is 77.0 Å². The lowest BCUT2D eigenvalue weighted by Crippen LogP contribution is -2.44. The largest absolute Gasteiger partial charge is 0.496 e. The molecule has 0 spiro atoms. The standard InChI is InChI=1S/C34H35F9N4O3/c1-18(2)25-16-26(24-10-8-9-11-28(24)49-7)21(14-27(25)34(41,42)43)17-47(30(48)50-31(4,5)6)19(3)29(45-46-44)20-12-22(32(35,36)37)15-23(13-20)33(38,39)40/h8-16,18-19,29H,17H2,1-7H3/t19-,29-/m0/s1. The maximum Gasteiger partial charge on any atom is 0.416 e. The Balaban J connectivity index is 2.38. The molecule has 0 heterocycles. The van der Waals surface area contributed by atoms with Crippen molar-refractivity contribution in [3.63, 3.8) is 0 Å². The van der Waals surface area contributed by atoms with Crippen LogP contribution < -0.4 is 4.74 Å². The van der Waals surface area contributed by atoms with Crippen LogP contribution in [0.4, 0.5) is 44.3 Å². The second-order valence-corrected chi connectivity index (χ2v) is 12.8. The minimum absolute atomic E-state index is 0.0883. The van der Waals surface area contributed by atoms with Crippen LogP contribution in [-0.2, 0) is 29.8 Å². The fourth-order valence-electron chi connectivity index (χ4n) is 5.33. The average Bonchev–Trinajstić information content (AvgIpc) is 2.99. The van der Waals surface area contributed by atoms with Gasteiger partial charge in [-0.05, 0) is 97.8 Å². The van der Waals surface area contributed by atoms with Crippen LogP contribution in [0.25, 0.3) is 21.6 Å². The Morgan fingerprint density at radius 2 is 1.40 bits per heavy atom. The van der Waals surface area contributed by atoms with E-state index in [1.807, 2.05) is 0 Å². The van der Waals surface area contributed by atoms with Crippen LogP contribution in [0.5, 0.6) is 5.75 Å². The highest BCUT2D eigenvalue weighted by atomic mass is 19.4. The number of amides is 1. The van der Waals surface area contributed by atoms with E-state index in [2.05, 4.69) is 10.0 Å². The van der Waals surface area contributed by atoms with Gasteiger partial charge in [0.25, 0.3) is 0 Å². The molecule has 0 N–H and O–H groups in total. The molecule has 7 nitrogen and oxygen atoms in total. The summed E-state index contributed by atoms with van der Waals surface area (Å²) in [6.07, 6.45) is -16.6. The van der Waals surface area contributed by atoms with E-state index in [1.165, 1.54) is 40.9 Å². The second-order valence-electron chi connectivity index (χ2n) is 12.8. The number of hydrogen-bond acceptors (Lipinski definition) is 4. The minimum atomic E-state index is -5.25. The summed E-state index contributed by atoms with van der Waals surface area (Å²) >= 11 is 0. The molecule has 3 aromatic rings. The average molecular weight is 719 g/mol. The summed E-state index contributed by atoms with van der Waals surface area (Å²) in [7, 11) is 1.34. The molecule has 0 fully saturated rings. The Morgan fingerprint density at radius 1 is 0.840 bits per heavy atom. The van der Waals surface area contributed by atoms with E-state index in [0.717, 1.165) is 11.0 Å². The molecule has 0 saturated heterocycles. The molecular weight excluding hydrogens is 683 g/mol. The van der Waals surface area contributed by atoms with Gasteiger partial charge in [-0.2, -0.15) is 39.5 Å². The normalized spacial score (nSPS) is 13.8. The van der Waals surface area contributed by atoms with Gasteiger partial charge in [0.2, 0.25) is 0 Å². The molecule has 0 bridgehead atoms. The van der Waals surface area contributed by atoms with Crippen molar-refractivity contribution in [1.29, 1.82) is 0 Å². The van der Waals surface area contributed by atoms with E-state index in [-0.39, 0.29) is 28.5 Å². The molecule has 272 valence electrons. The van der Waals surface area contributed by atoms with Gasteiger partial charge in [0.05, 0.1) is 29.8 Å². The number of azide groups is 1. The smallest absolute Gasteiger partial charge is 0.416 e. The molecule has 50 heavy (non-hydrogen) atoms. The lowest BCUT2D eigenvalue weighted by molar-refractivity contribution is -0.143. The van der Waals surface area contributed by atoms with Crippen molar-refractivity contribution in [2.45, 2.75) is 90.2 Å². The number of hydrogen-bond donors (Lipinski definition) is 0. The Bertz CT molecular complexity index is 1710. The summed E-state index contributed by atoms with van der Waals surface area (Å²) < 4.78 is 137. The molecule has 0 unspecified atom stereocenters. The van der Waals surface area contributed by atoms with Crippen molar-refractivity contribution in [3.8, 4) is 16.9 Å². The van der Waals surface area contributed by atoms with Crippen molar-refractivity contribution in [3.05, 3.63) is 98.4 Å². The number of carbonyl (C=O) groups is 1. The minimum Gasteiger partial charge on any atom is -0.496 e. The van der Waals surface area contributed by atoms with Crippen molar-refractivity contribution in [2.24, 2.45) is 5.11 Å². The lowest BCUT2D eigenvalue weighted by atomic mass is 9.88. The maximum atomic E-state index is 14.5. The fraction of sp³-hybridized carbons (Fsp3) is 0.441. The molecule has 3 aromatic carbocycles. The number of methoxy groups -OCH3 is 1. The van der Waals surface area contributed by atoms with E-state index in [1.54, 1.807) is 38.1 Å². The first-order valence-corrected chi connectivity index (χ1v) is 15.1. The summed E-state index contributed by atoms with van der Waals surface area (Å²) in [5, 5.41) is 3.48. The fourth-order valence-corrected chi connectivity index (χ4v) is 5.33. The summed E-state index contributed by atoms with van der Waals surface area (Å²) in [4.78, 5) is 17.2. The van der Waals surface area contributed by atoms with Gasteiger partial charge in [-0.3, -0.25) is 0 Å². The van der Waals surface area contributed by atoms with Crippen molar-refractivity contribution in [2.75, 3.05) is 7.11 Å². The predicted molar refractivity (Wildman–Crippen MR) is 167 cm³/mol. The van der Waals surface area contributed by atoms with Crippen molar-refractivity contribution >= 4 is 6.09 Å². The van der Waals surface area contributed by atoms with Crippen LogP contribution in [0.2, 0.25) is 0 Å². The number of para-hydroxylation sites is 1. The zero-order valence-electron chi connectivity index (χ0n) is 28.1. The highest BCUT2D eigenvalue weighted by Crippen LogP contribution is 2.43. The highest BCUT2D eigenvalue weighted by Gasteiger charge is 2.40. The molecule has 0 aromatic heterocycles. The number of halogens is 9. The first kappa shape index (κ1) is 39.8. The number of carbonyl (C=O) groups excluding carboxylic acids is 1. The van der Waals surface area contributed by atoms with Gasteiger partial charge in [0.15, 0.2) is 0 Å². The molecule has 0 saturated carbocycles. The second kappa shape index (κ2) is 14.7. The molecular formula is C34H35F9N4O3. The summed E-state index contributed by atoms with van der Waals surface area (Å²) in [5.41, 5.74) is 3.32. The van der Waals surface area contributed by atoms with Gasteiger partial charge in [0, 0.05) is 23.1 Å². The Labute approximate surface area is 282 Å². The third kappa shape index (κ3) is 9.55. The zero-order chi connectivity index (χ0) is 38.0. The van der Waals surface area contributed by atoms with Crippen LogP contribution in [0.1, 0.15) is 86.9 Å². The van der Waals surface area contributed by atoms with E-state index >= 15 is 0 Å². The van der Waals surface area contributed by atoms with Gasteiger partial charge in [-0.1, -0.05) is 37.2 Å². The summed E-state index contributed by atoms with van der Waals surface area (Å²) in [6.45, 7) is 7.99. The van der Waals surface area contributed by atoms with E-state index in [4.69, 9.17) is 9.47 Å². The summed E-state index contributed by atoms with van der Waals surface area (Å²) in [6, 6.07) is 5.62. The van der Waals surface area contributed by atoms with Crippen LogP contribution in [0.15, 0.2) is 59.7 Å². The van der Waals surface area contributed by atoms with Crippen LogP contribution in [0, 0.1) is 0 Å². The topological polar surface area (TPSA) is 87.5 Å². The van der Waals surface area contributed by atoms with Gasteiger partial charge in [-0.15, -0.1) is 0 Å². The Morgan fingerprint density at radius 3 is 1.86 bits per heavy atom. The number of alkyl halides is 9. The quantitative estimate of drug-likeness (QED) is 0.0955. The third-order valence-corrected chi connectivity index (χ3v) is 7.64. The van der Waals surface area contributed by atoms with Crippen LogP contribution in [-0.4, -0.2) is 29.7 Å². The third-order valence-electron chi connectivity index (χ3n) is 7.64. The van der Waals surface area contributed by atoms with Gasteiger partial charge >= 0.3 is 24.6 Å². The van der Waals surface area contributed by atoms with E-state index in [0.29, 0.717) is 17.7 Å². The zero-order valence-corrected chi connectivity index (χ0v) is 28.1. The lowest BCUT2D eigenvalue weighted by Gasteiger charge is -2.35. The Kier molecular flexibility index (Phi) is 11.7. The first-order chi connectivity index (χ1) is 22.9. The molecule has 0 aliphatic carbocycles. The SMILES string of the molecule is COc1ccccc1-c1cc(C(C)C)c(C(F)(F)F)cc1CN(C(=O)OC(C)(C)C)[C@@H](C)[C@H](N=[N+]=[N-])c1cc(C(F)(F)F)cc(C(F)(F)F)c1. The van der Waals surface area contributed by atoms with Gasteiger partial charge < -0.3 is 14.4 Å². The monoisotopic (exact) mass is 718 g/mol. The molecule has 0 radical (unpaired) electrons. The number of ether oxygens (including phenoxy) is 2. The van der Waals surface area contributed by atoms with Gasteiger partial charge in [-0.25, -0.2) is 4.79 Å². The van der Waals surface area contributed by atoms with Crippen LogP contribution >= 0.6 is 0 Å². The molecule has 0 aliphatic rings. The van der Waals surface area contributed by atoms with Crippen LogP contribution in [0.3, 0.4) is 0 Å². The molecule has 1 amide bonds. The molecule has 2 atom stereocenters. The van der Waals surface area contributed by atoms with Crippen molar-refractivity contribution < 1.29 is 53.8 Å². The highest BCUT2D eigenvalue weighted by molar-refractivity contribution is 5.76. The number of nitrogens with zero attached hydrogens (tertiary/aromatic N) is 4. The molecule has 0 aliphatic heterocycles. The molecule has 3 rings (SSSR count). The number of rotatable bonds is 9. The molecule has 16 heteroatoms. The van der Waals surface area contributed by atoms with E-state index in [9.17, 15) is 49.8 Å². The maximum absolute atomic E-state index is 14.5. The Hall–Kier alpha value is -4.59. The predicted octanol–water partition coefficient (Wildman–Crippen LogP) is 11.7. The first-order valence-electron chi connectivity index (χ1n) is 15.1. The van der Waals surface area contributed by atoms with Crippen molar-refractivity contribution in [1.82, 2.24) is 4.90 Å². The summed E-state index contributed by atoms with van der Waals surface area (Å²) in [5.74, 6) is -0.371. The number of benzene rings is 3.